The van der Waals surface area contributed by atoms with Crippen LogP contribution >= 0.6 is 23.1 Å². The highest BCUT2D eigenvalue weighted by atomic mass is 32.2. The molecule has 9 heteroatoms. The predicted molar refractivity (Wildman–Crippen MR) is 90.8 cm³/mol. The summed E-state index contributed by atoms with van der Waals surface area (Å²) in [6, 6.07) is 5.23. The van der Waals surface area contributed by atoms with Gasteiger partial charge in [0.05, 0.1) is 18.6 Å². The van der Waals surface area contributed by atoms with Crippen LogP contribution in [0.15, 0.2) is 28.0 Å². The molecule has 2 N–H and O–H groups in total. The van der Waals surface area contributed by atoms with Crippen LogP contribution in [0, 0.1) is 5.41 Å². The van der Waals surface area contributed by atoms with E-state index in [1.807, 2.05) is 0 Å². The number of esters is 1. The molecular weight excluding hydrogens is 366 g/mol. The van der Waals surface area contributed by atoms with E-state index in [-0.39, 0.29) is 17.0 Å². The fourth-order valence-electron chi connectivity index (χ4n) is 3.49. The number of nitrogens with one attached hydrogen (secondary N) is 1. The molecule has 4 rings (SSSR count). The second kappa shape index (κ2) is 5.63. The predicted octanol–water partition coefficient (Wildman–Crippen LogP) is 2.06. The highest BCUT2D eigenvalue weighted by molar-refractivity contribution is 7.99. The van der Waals surface area contributed by atoms with E-state index in [2.05, 4.69) is 4.98 Å². The summed E-state index contributed by atoms with van der Waals surface area (Å²) in [5.41, 5.74) is -0.592. The standard InChI is InChI=1S/C16H13NO6S2/c1-22-8-4-2-3-7-10-12-13(17-15(21)25-12)24-6-16(10,5-9(18)19)14(20)23-11(7)8/h2-4,10H,5-6H2,1H3,(H,17,21)(H,18,19)/t10-,16-/m0/s1. The Kier molecular flexibility index (Phi) is 3.66. The molecule has 2 aliphatic heterocycles. The third-order valence-corrected chi connectivity index (χ3v) is 6.89. The van der Waals surface area contributed by atoms with Crippen LogP contribution in [0.2, 0.25) is 0 Å². The number of aromatic nitrogens is 1. The van der Waals surface area contributed by atoms with Crippen molar-refractivity contribution in [2.45, 2.75) is 17.4 Å². The van der Waals surface area contributed by atoms with Crippen LogP contribution in [0.25, 0.3) is 0 Å². The van der Waals surface area contributed by atoms with E-state index in [0.717, 1.165) is 11.3 Å². The second-order valence-electron chi connectivity index (χ2n) is 5.92. The molecule has 25 heavy (non-hydrogen) atoms. The third-order valence-electron chi connectivity index (χ3n) is 4.54. The Hall–Kier alpha value is -2.26. The lowest BCUT2D eigenvalue weighted by Gasteiger charge is -2.43. The van der Waals surface area contributed by atoms with E-state index in [1.165, 1.54) is 18.9 Å². The molecule has 0 amide bonds. The van der Waals surface area contributed by atoms with E-state index >= 15 is 0 Å². The van der Waals surface area contributed by atoms with Gasteiger partial charge in [-0.15, -0.1) is 11.8 Å². The number of methoxy groups -OCH3 is 1. The van der Waals surface area contributed by atoms with Crippen molar-refractivity contribution in [3.05, 3.63) is 38.3 Å². The van der Waals surface area contributed by atoms with Crippen molar-refractivity contribution in [3.63, 3.8) is 0 Å². The molecule has 2 aliphatic rings. The van der Waals surface area contributed by atoms with Crippen LogP contribution in [-0.2, 0) is 9.59 Å². The molecule has 0 saturated carbocycles. The minimum atomic E-state index is -1.26. The molecule has 1 aromatic carbocycles. The Morgan fingerprint density at radius 1 is 1.48 bits per heavy atom. The number of aliphatic carboxylic acids is 1. The van der Waals surface area contributed by atoms with Gasteiger partial charge in [-0.25, -0.2) is 0 Å². The van der Waals surface area contributed by atoms with Gasteiger partial charge in [-0.05, 0) is 6.07 Å². The average Bonchev–Trinajstić information content (AvgIpc) is 2.94. The number of hydrogen-bond donors (Lipinski definition) is 2. The van der Waals surface area contributed by atoms with Crippen molar-refractivity contribution >= 4 is 35.0 Å². The number of H-pyrrole nitrogens is 1. The van der Waals surface area contributed by atoms with Gasteiger partial charge in [0.2, 0.25) is 0 Å². The molecule has 0 saturated heterocycles. The first-order valence-electron chi connectivity index (χ1n) is 7.43. The fourth-order valence-corrected chi connectivity index (χ4v) is 6.04. The summed E-state index contributed by atoms with van der Waals surface area (Å²) in [7, 11) is 1.47. The number of hydrogen-bond acceptors (Lipinski definition) is 7. The summed E-state index contributed by atoms with van der Waals surface area (Å²) in [5, 5.41) is 10.1. The number of thiazole rings is 1. The largest absolute Gasteiger partial charge is 0.493 e. The van der Waals surface area contributed by atoms with Crippen molar-refractivity contribution in [3.8, 4) is 11.5 Å². The van der Waals surface area contributed by atoms with E-state index in [4.69, 9.17) is 9.47 Å². The maximum absolute atomic E-state index is 12.9. The third kappa shape index (κ3) is 2.30. The molecular formula is C16H13NO6S2. The molecule has 2 aromatic rings. The molecule has 0 fully saturated rings. The van der Waals surface area contributed by atoms with Crippen LogP contribution in [0.5, 0.6) is 11.5 Å². The molecule has 2 atom stereocenters. The van der Waals surface area contributed by atoms with Crippen molar-refractivity contribution < 1.29 is 24.2 Å². The highest BCUT2D eigenvalue weighted by Crippen LogP contribution is 2.59. The number of ether oxygens (including phenoxy) is 2. The van der Waals surface area contributed by atoms with Crippen molar-refractivity contribution in [1.29, 1.82) is 0 Å². The van der Waals surface area contributed by atoms with Gasteiger partial charge >= 0.3 is 16.8 Å². The average molecular weight is 379 g/mol. The zero-order chi connectivity index (χ0) is 17.8. The number of benzene rings is 1. The van der Waals surface area contributed by atoms with E-state index in [9.17, 15) is 19.5 Å². The van der Waals surface area contributed by atoms with Crippen LogP contribution in [-0.4, -0.2) is 34.9 Å². The maximum Gasteiger partial charge on any atom is 0.320 e. The van der Waals surface area contributed by atoms with Gasteiger partial charge in [0.1, 0.15) is 5.41 Å². The van der Waals surface area contributed by atoms with Gasteiger partial charge in [0, 0.05) is 22.1 Å². The molecule has 0 bridgehead atoms. The zero-order valence-corrected chi connectivity index (χ0v) is 14.7. The quantitative estimate of drug-likeness (QED) is 0.621. The van der Waals surface area contributed by atoms with Crippen molar-refractivity contribution in [1.82, 2.24) is 4.98 Å². The minimum absolute atomic E-state index is 0.221. The van der Waals surface area contributed by atoms with E-state index in [0.29, 0.717) is 27.0 Å². The zero-order valence-electron chi connectivity index (χ0n) is 13.0. The molecule has 0 aliphatic carbocycles. The van der Waals surface area contributed by atoms with Crippen molar-refractivity contribution in [2.75, 3.05) is 12.9 Å². The number of fused-ring (bicyclic) bond motifs is 5. The van der Waals surface area contributed by atoms with E-state index in [1.54, 1.807) is 18.2 Å². The molecule has 7 nitrogen and oxygen atoms in total. The monoisotopic (exact) mass is 379 g/mol. The van der Waals surface area contributed by atoms with Gasteiger partial charge in [0.25, 0.3) is 0 Å². The molecule has 0 spiro atoms. The van der Waals surface area contributed by atoms with Gasteiger partial charge in [-0.1, -0.05) is 23.5 Å². The summed E-state index contributed by atoms with van der Waals surface area (Å²) < 4.78 is 10.8. The molecule has 0 radical (unpaired) electrons. The van der Waals surface area contributed by atoms with Gasteiger partial charge in [0.15, 0.2) is 11.5 Å². The number of carbonyl (C=O) groups is 2. The lowest BCUT2D eigenvalue weighted by Crippen LogP contribution is -2.49. The first-order chi connectivity index (χ1) is 12.0. The Labute approximate surface area is 150 Å². The summed E-state index contributed by atoms with van der Waals surface area (Å²) in [4.78, 5) is 39.5. The number of carbonyl (C=O) groups excluding carboxylic acids is 1. The second-order valence-corrected chi connectivity index (χ2v) is 7.92. The molecule has 3 heterocycles. The number of aromatic amines is 1. The lowest BCUT2D eigenvalue weighted by molar-refractivity contribution is -0.154. The number of carboxylic acid groups (broad SMARTS) is 1. The first-order valence-corrected chi connectivity index (χ1v) is 9.23. The number of carboxylic acids is 1. The molecule has 0 unspecified atom stereocenters. The smallest absolute Gasteiger partial charge is 0.320 e. The Balaban J connectivity index is 2.01. The summed E-state index contributed by atoms with van der Waals surface area (Å²) >= 11 is 2.29. The van der Waals surface area contributed by atoms with Crippen LogP contribution in [0.3, 0.4) is 0 Å². The summed E-state index contributed by atoms with van der Waals surface area (Å²) in [5.74, 6) is -1.33. The van der Waals surface area contributed by atoms with E-state index < -0.39 is 23.3 Å². The maximum atomic E-state index is 12.9. The lowest BCUT2D eigenvalue weighted by atomic mass is 9.68. The van der Waals surface area contributed by atoms with Gasteiger partial charge in [-0.2, -0.15) is 0 Å². The van der Waals surface area contributed by atoms with Crippen molar-refractivity contribution in [2.24, 2.45) is 5.41 Å². The number of para-hydroxylation sites is 1. The minimum Gasteiger partial charge on any atom is -0.493 e. The molecule has 130 valence electrons. The summed E-state index contributed by atoms with van der Waals surface area (Å²) in [6.07, 6.45) is -0.369. The Bertz CT molecular complexity index is 948. The van der Waals surface area contributed by atoms with Crippen LogP contribution in [0.4, 0.5) is 0 Å². The van der Waals surface area contributed by atoms with Gasteiger partial charge in [-0.3, -0.25) is 14.4 Å². The molecule has 1 aromatic heterocycles. The van der Waals surface area contributed by atoms with Crippen LogP contribution in [0.1, 0.15) is 22.8 Å². The topological polar surface area (TPSA) is 106 Å². The Morgan fingerprint density at radius 3 is 3.00 bits per heavy atom. The first kappa shape index (κ1) is 16.2. The fraction of sp³-hybridized carbons (Fsp3) is 0.312. The SMILES string of the molecule is COc1cccc2c1OC(=O)[C@@]1(CC(=O)O)CSc3[nH]c(=O)sc3[C@H]21. The van der Waals surface area contributed by atoms with Crippen LogP contribution < -0.4 is 14.3 Å². The number of rotatable bonds is 3. The van der Waals surface area contributed by atoms with Gasteiger partial charge < -0.3 is 19.6 Å². The number of thioether (sulfide) groups is 1. The summed E-state index contributed by atoms with van der Waals surface area (Å²) in [6.45, 7) is 0. The highest BCUT2D eigenvalue weighted by Gasteiger charge is 2.57. The normalized spacial score (nSPS) is 23.9. The Morgan fingerprint density at radius 2 is 2.28 bits per heavy atom.